The van der Waals surface area contributed by atoms with Crippen molar-refractivity contribution in [3.63, 3.8) is 0 Å². The molecule has 2 heterocycles. The molecule has 1 amide bonds. The van der Waals surface area contributed by atoms with Gasteiger partial charge in [-0.2, -0.15) is 0 Å². The minimum atomic E-state index is -0.445. The number of hydrogen-bond acceptors (Lipinski definition) is 7. The molecule has 1 aliphatic rings. The van der Waals surface area contributed by atoms with Crippen molar-refractivity contribution < 1.29 is 28.2 Å². The molecule has 0 radical (unpaired) electrons. The lowest BCUT2D eigenvalue weighted by Crippen LogP contribution is -2.20. The van der Waals surface area contributed by atoms with Crippen LogP contribution in [0.5, 0.6) is 23.0 Å². The lowest BCUT2D eigenvalue weighted by Gasteiger charge is -2.10. The highest BCUT2D eigenvalue weighted by Crippen LogP contribution is 2.35. The summed E-state index contributed by atoms with van der Waals surface area (Å²) in [6, 6.07) is 20.8. The maximum atomic E-state index is 12.3. The van der Waals surface area contributed by atoms with Crippen molar-refractivity contribution in [2.45, 2.75) is 6.61 Å². The lowest BCUT2D eigenvalue weighted by molar-refractivity contribution is -0.118. The number of carbonyl (C=O) groups is 1. The Morgan fingerprint density at radius 2 is 1.70 bits per heavy atom. The highest BCUT2D eigenvalue weighted by Gasteiger charge is 2.14. The molecular formula is C25H19NO7. The Kier molecular flexibility index (Phi) is 5.55. The van der Waals surface area contributed by atoms with Gasteiger partial charge in [0.25, 0.3) is 5.91 Å². The number of benzene rings is 3. The molecule has 1 N–H and O–H groups in total. The third-order valence-electron chi connectivity index (χ3n) is 4.92. The Bertz CT molecular complexity index is 1380. The summed E-state index contributed by atoms with van der Waals surface area (Å²) < 4.78 is 27.1. The van der Waals surface area contributed by atoms with E-state index >= 15 is 0 Å². The maximum absolute atomic E-state index is 12.3. The predicted molar refractivity (Wildman–Crippen MR) is 120 cm³/mol. The van der Waals surface area contributed by atoms with Crippen molar-refractivity contribution in [3.05, 3.63) is 88.8 Å². The van der Waals surface area contributed by atoms with Crippen LogP contribution in [-0.4, -0.2) is 19.3 Å². The Labute approximate surface area is 188 Å². The monoisotopic (exact) mass is 445 g/mol. The zero-order chi connectivity index (χ0) is 22.6. The van der Waals surface area contributed by atoms with Gasteiger partial charge in [-0.25, -0.2) is 4.79 Å². The average molecular weight is 445 g/mol. The van der Waals surface area contributed by atoms with Gasteiger partial charge in [-0.1, -0.05) is 12.1 Å². The van der Waals surface area contributed by atoms with Gasteiger partial charge in [0, 0.05) is 29.3 Å². The van der Waals surface area contributed by atoms with E-state index in [0.29, 0.717) is 40.9 Å². The van der Waals surface area contributed by atoms with Gasteiger partial charge in [-0.05, 0) is 48.0 Å². The number of amides is 1. The molecule has 0 unspecified atom stereocenters. The van der Waals surface area contributed by atoms with Gasteiger partial charge < -0.3 is 28.7 Å². The van der Waals surface area contributed by atoms with Crippen molar-refractivity contribution in [2.75, 3.05) is 18.7 Å². The van der Waals surface area contributed by atoms with Gasteiger partial charge in [0.15, 0.2) is 18.1 Å². The normalized spacial score (nSPS) is 11.9. The highest BCUT2D eigenvalue weighted by atomic mass is 16.7. The highest BCUT2D eigenvalue weighted by molar-refractivity contribution is 5.92. The Morgan fingerprint density at radius 1 is 0.879 bits per heavy atom. The van der Waals surface area contributed by atoms with E-state index in [-0.39, 0.29) is 19.3 Å². The first-order chi connectivity index (χ1) is 16.1. The van der Waals surface area contributed by atoms with Gasteiger partial charge in [0.05, 0.1) is 0 Å². The molecule has 8 nitrogen and oxygen atoms in total. The van der Waals surface area contributed by atoms with Crippen molar-refractivity contribution in [1.82, 2.24) is 0 Å². The topological polar surface area (TPSA) is 96.2 Å². The number of hydrogen-bond donors (Lipinski definition) is 1. The van der Waals surface area contributed by atoms with Gasteiger partial charge in [0.1, 0.15) is 23.7 Å². The van der Waals surface area contributed by atoms with Crippen molar-refractivity contribution in [2.24, 2.45) is 0 Å². The second kappa shape index (κ2) is 8.96. The van der Waals surface area contributed by atoms with Gasteiger partial charge in [0.2, 0.25) is 6.79 Å². The number of ether oxygens (including phenoxy) is 4. The second-order valence-electron chi connectivity index (χ2n) is 7.30. The molecule has 0 saturated heterocycles. The predicted octanol–water partition coefficient (Wildman–Crippen LogP) is 4.12. The Morgan fingerprint density at radius 3 is 2.64 bits per heavy atom. The van der Waals surface area contributed by atoms with E-state index < -0.39 is 5.63 Å². The zero-order valence-corrected chi connectivity index (χ0v) is 17.4. The Hall–Kier alpha value is -4.46. The summed E-state index contributed by atoms with van der Waals surface area (Å²) >= 11 is 0. The molecule has 0 fully saturated rings. The third kappa shape index (κ3) is 4.90. The van der Waals surface area contributed by atoms with Gasteiger partial charge in [-0.15, -0.1) is 0 Å². The maximum Gasteiger partial charge on any atom is 0.336 e. The molecule has 1 aromatic heterocycles. The van der Waals surface area contributed by atoms with E-state index in [1.807, 2.05) is 24.3 Å². The summed E-state index contributed by atoms with van der Waals surface area (Å²) in [5, 5.41) is 3.57. The molecule has 0 saturated carbocycles. The van der Waals surface area contributed by atoms with Crippen LogP contribution in [0.4, 0.5) is 5.69 Å². The van der Waals surface area contributed by atoms with Crippen LogP contribution in [0.1, 0.15) is 5.56 Å². The lowest BCUT2D eigenvalue weighted by atomic mass is 10.2. The van der Waals surface area contributed by atoms with Crippen molar-refractivity contribution in [3.8, 4) is 23.0 Å². The molecule has 0 spiro atoms. The summed E-state index contributed by atoms with van der Waals surface area (Å²) in [6.07, 6.45) is 0. The molecule has 4 aromatic rings. The first-order valence-electron chi connectivity index (χ1n) is 10.2. The molecular weight excluding hydrogens is 426 g/mol. The summed E-state index contributed by atoms with van der Waals surface area (Å²) in [7, 11) is 0. The summed E-state index contributed by atoms with van der Waals surface area (Å²) in [5.41, 5.74) is 1.46. The minimum Gasteiger partial charge on any atom is -0.489 e. The molecule has 0 aliphatic carbocycles. The molecule has 5 rings (SSSR count). The molecule has 33 heavy (non-hydrogen) atoms. The fraction of sp³-hybridized carbons (Fsp3) is 0.120. The average Bonchev–Trinajstić information content (AvgIpc) is 3.29. The zero-order valence-electron chi connectivity index (χ0n) is 17.4. The molecule has 166 valence electrons. The van der Waals surface area contributed by atoms with Crippen LogP contribution < -0.4 is 29.9 Å². The summed E-state index contributed by atoms with van der Waals surface area (Å²) in [4.78, 5) is 23.7. The van der Waals surface area contributed by atoms with E-state index in [0.717, 1.165) is 10.9 Å². The molecule has 8 heteroatoms. The smallest absolute Gasteiger partial charge is 0.336 e. The largest absolute Gasteiger partial charge is 0.489 e. The van der Waals surface area contributed by atoms with Crippen LogP contribution >= 0.6 is 0 Å². The number of carbonyl (C=O) groups excluding carboxylic acids is 1. The van der Waals surface area contributed by atoms with Crippen LogP contribution in [0.25, 0.3) is 11.0 Å². The number of fused-ring (bicyclic) bond motifs is 2. The van der Waals surface area contributed by atoms with Crippen LogP contribution in [-0.2, 0) is 11.4 Å². The summed E-state index contributed by atoms with van der Waals surface area (Å²) in [5.74, 6) is 2.12. The van der Waals surface area contributed by atoms with Gasteiger partial charge in [-0.3, -0.25) is 4.79 Å². The second-order valence-corrected chi connectivity index (χ2v) is 7.30. The molecule has 0 atom stereocenters. The first-order valence-corrected chi connectivity index (χ1v) is 10.2. The number of rotatable bonds is 7. The fourth-order valence-electron chi connectivity index (χ4n) is 3.35. The first kappa shape index (κ1) is 20.4. The fourth-order valence-corrected chi connectivity index (χ4v) is 3.35. The third-order valence-corrected chi connectivity index (χ3v) is 4.92. The van der Waals surface area contributed by atoms with Crippen molar-refractivity contribution >= 4 is 22.6 Å². The molecule has 3 aromatic carbocycles. The van der Waals surface area contributed by atoms with E-state index in [1.165, 1.54) is 6.07 Å². The molecule has 0 bridgehead atoms. The summed E-state index contributed by atoms with van der Waals surface area (Å²) in [6.45, 7) is 0.337. The standard InChI is InChI=1S/C25H19NO7/c27-24(14-30-19-6-4-17-5-9-25(28)33-22(17)11-19)26-18-3-1-2-16(10-18)13-29-20-7-8-21-23(12-20)32-15-31-21/h1-12H,13-15H2,(H,26,27). The van der Waals surface area contributed by atoms with Crippen LogP contribution in [0.15, 0.2) is 82.0 Å². The van der Waals surface area contributed by atoms with Crippen LogP contribution in [0, 0.1) is 0 Å². The van der Waals surface area contributed by atoms with E-state index in [9.17, 15) is 9.59 Å². The minimum absolute atomic E-state index is 0.194. The molecule has 1 aliphatic heterocycles. The van der Waals surface area contributed by atoms with E-state index in [4.69, 9.17) is 23.4 Å². The van der Waals surface area contributed by atoms with Crippen LogP contribution in [0.3, 0.4) is 0 Å². The quantitative estimate of drug-likeness (QED) is 0.428. The SMILES string of the molecule is O=C(COc1ccc2ccc(=O)oc2c1)Nc1cccc(COc2ccc3c(c2)OCO3)c1. The number of nitrogens with one attached hydrogen (secondary N) is 1. The van der Waals surface area contributed by atoms with Gasteiger partial charge >= 0.3 is 5.63 Å². The Balaban J connectivity index is 1.16. The number of anilines is 1. The van der Waals surface area contributed by atoms with Crippen LogP contribution in [0.2, 0.25) is 0 Å². The van der Waals surface area contributed by atoms with Crippen molar-refractivity contribution in [1.29, 1.82) is 0 Å². The van der Waals surface area contributed by atoms with E-state index in [2.05, 4.69) is 5.32 Å². The van der Waals surface area contributed by atoms with E-state index in [1.54, 1.807) is 42.5 Å².